The molecule has 0 spiro atoms. The van der Waals surface area contributed by atoms with Crippen LogP contribution in [0.2, 0.25) is 5.02 Å². The predicted molar refractivity (Wildman–Crippen MR) is 122 cm³/mol. The number of aliphatic carboxylic acids is 1. The first-order valence-electron chi connectivity index (χ1n) is 11.1. The molecule has 2 atom stereocenters. The minimum Gasteiger partial charge on any atom is -0.495 e. The molecule has 8 heteroatoms. The van der Waals surface area contributed by atoms with Crippen molar-refractivity contribution in [1.29, 1.82) is 0 Å². The van der Waals surface area contributed by atoms with Crippen molar-refractivity contribution in [2.45, 2.75) is 57.4 Å². The molecule has 32 heavy (non-hydrogen) atoms. The van der Waals surface area contributed by atoms with Crippen molar-refractivity contribution < 1.29 is 14.6 Å². The lowest BCUT2D eigenvalue weighted by atomic mass is 9.46. The van der Waals surface area contributed by atoms with E-state index in [2.05, 4.69) is 10.4 Å². The van der Waals surface area contributed by atoms with Gasteiger partial charge in [-0.15, -0.1) is 0 Å². The SMILES string of the molecule is COc1ccc(C)cc1Nc1cnn(C23CC4CC(CC(CC(=O)O)(C4)C2)C3)c(=O)c1Cl. The molecule has 4 bridgehead atoms. The summed E-state index contributed by atoms with van der Waals surface area (Å²) in [5.74, 6) is 0.773. The molecule has 7 nitrogen and oxygen atoms in total. The first kappa shape index (κ1) is 21.3. The zero-order valence-corrected chi connectivity index (χ0v) is 19.1. The van der Waals surface area contributed by atoms with E-state index in [1.165, 1.54) is 0 Å². The largest absolute Gasteiger partial charge is 0.495 e. The molecule has 1 heterocycles. The van der Waals surface area contributed by atoms with Gasteiger partial charge >= 0.3 is 5.97 Å². The van der Waals surface area contributed by atoms with Gasteiger partial charge in [-0.05, 0) is 80.4 Å². The Morgan fingerprint density at radius 3 is 2.66 bits per heavy atom. The topological polar surface area (TPSA) is 93.4 Å². The van der Waals surface area contributed by atoms with Crippen LogP contribution in [0.25, 0.3) is 0 Å². The summed E-state index contributed by atoms with van der Waals surface area (Å²) in [6.07, 6.45) is 7.18. The van der Waals surface area contributed by atoms with E-state index in [9.17, 15) is 14.7 Å². The van der Waals surface area contributed by atoms with Crippen LogP contribution in [0, 0.1) is 24.2 Å². The first-order valence-corrected chi connectivity index (χ1v) is 11.5. The van der Waals surface area contributed by atoms with Crippen LogP contribution in [0.15, 0.2) is 29.2 Å². The quantitative estimate of drug-likeness (QED) is 0.651. The summed E-state index contributed by atoms with van der Waals surface area (Å²) in [7, 11) is 1.59. The molecule has 170 valence electrons. The average molecular weight is 458 g/mol. The molecule has 1 aromatic carbocycles. The van der Waals surface area contributed by atoms with Gasteiger partial charge in [0.25, 0.3) is 5.56 Å². The molecule has 6 rings (SSSR count). The summed E-state index contributed by atoms with van der Waals surface area (Å²) >= 11 is 6.57. The third-order valence-corrected chi connectivity index (χ3v) is 8.04. The Balaban J connectivity index is 1.51. The summed E-state index contributed by atoms with van der Waals surface area (Å²) in [6, 6.07) is 5.73. The Bertz CT molecular complexity index is 1130. The number of hydrogen-bond acceptors (Lipinski definition) is 5. The third-order valence-electron chi connectivity index (χ3n) is 7.67. The highest BCUT2D eigenvalue weighted by atomic mass is 35.5. The van der Waals surface area contributed by atoms with Gasteiger partial charge in [-0.25, -0.2) is 4.68 Å². The zero-order valence-electron chi connectivity index (χ0n) is 18.4. The number of rotatable bonds is 6. The van der Waals surface area contributed by atoms with E-state index < -0.39 is 11.5 Å². The second-order valence-electron chi connectivity index (χ2n) is 10.2. The van der Waals surface area contributed by atoms with Crippen molar-refractivity contribution >= 4 is 28.9 Å². The van der Waals surface area contributed by atoms with Gasteiger partial charge in [0.05, 0.1) is 36.6 Å². The molecule has 0 radical (unpaired) electrons. The summed E-state index contributed by atoms with van der Waals surface area (Å²) in [6.45, 7) is 1.97. The number of halogens is 1. The molecule has 4 aliphatic rings. The van der Waals surface area contributed by atoms with Gasteiger partial charge < -0.3 is 15.2 Å². The van der Waals surface area contributed by atoms with Crippen molar-refractivity contribution in [3.63, 3.8) is 0 Å². The molecule has 4 saturated carbocycles. The fraction of sp³-hybridized carbons (Fsp3) is 0.542. The maximum Gasteiger partial charge on any atom is 0.303 e. The van der Waals surface area contributed by atoms with Gasteiger partial charge in [-0.1, -0.05) is 17.7 Å². The summed E-state index contributed by atoms with van der Waals surface area (Å²) in [5, 5.41) is 17.4. The lowest BCUT2D eigenvalue weighted by Gasteiger charge is -2.61. The number of carboxylic acids is 1. The van der Waals surface area contributed by atoms with E-state index in [4.69, 9.17) is 16.3 Å². The number of methoxy groups -OCH3 is 1. The van der Waals surface area contributed by atoms with Crippen molar-refractivity contribution in [2.24, 2.45) is 17.3 Å². The minimum atomic E-state index is -0.757. The Morgan fingerprint density at radius 2 is 2.00 bits per heavy atom. The number of aromatic nitrogens is 2. The van der Waals surface area contributed by atoms with Crippen LogP contribution in [0.3, 0.4) is 0 Å². The van der Waals surface area contributed by atoms with Gasteiger partial charge in [-0.2, -0.15) is 5.10 Å². The molecular formula is C24H28ClN3O4. The summed E-state index contributed by atoms with van der Waals surface area (Å²) in [4.78, 5) is 25.0. The van der Waals surface area contributed by atoms with Crippen LogP contribution in [0.1, 0.15) is 50.5 Å². The monoisotopic (exact) mass is 457 g/mol. The van der Waals surface area contributed by atoms with Gasteiger partial charge in [0.2, 0.25) is 0 Å². The van der Waals surface area contributed by atoms with Crippen LogP contribution in [-0.2, 0) is 10.3 Å². The number of ether oxygens (including phenoxy) is 1. The maximum atomic E-state index is 13.4. The molecule has 4 aliphatic carbocycles. The maximum absolute atomic E-state index is 13.4. The lowest BCUT2D eigenvalue weighted by molar-refractivity contribution is -0.151. The van der Waals surface area contributed by atoms with Gasteiger partial charge in [-0.3, -0.25) is 9.59 Å². The van der Waals surface area contributed by atoms with E-state index >= 15 is 0 Å². The van der Waals surface area contributed by atoms with Gasteiger partial charge in [0, 0.05) is 0 Å². The van der Waals surface area contributed by atoms with Crippen molar-refractivity contribution in [3.8, 4) is 5.75 Å². The number of carbonyl (C=O) groups is 1. The fourth-order valence-corrected chi connectivity index (χ4v) is 7.28. The third kappa shape index (κ3) is 3.47. The average Bonchev–Trinajstić information content (AvgIpc) is 2.69. The lowest BCUT2D eigenvalue weighted by Crippen LogP contribution is -2.59. The van der Waals surface area contributed by atoms with Crippen LogP contribution in [0.5, 0.6) is 5.75 Å². The summed E-state index contributed by atoms with van der Waals surface area (Å²) in [5.41, 5.74) is 1.18. The van der Waals surface area contributed by atoms with E-state index in [0.717, 1.165) is 37.7 Å². The number of aryl methyl sites for hydroxylation is 1. The fourth-order valence-electron chi connectivity index (χ4n) is 7.10. The molecule has 0 aliphatic heterocycles. The van der Waals surface area contributed by atoms with Crippen LogP contribution in [-0.4, -0.2) is 28.0 Å². The number of anilines is 2. The Kier molecular flexibility index (Phi) is 5.00. The number of nitrogens with zero attached hydrogens (tertiary/aromatic N) is 2. The summed E-state index contributed by atoms with van der Waals surface area (Å²) < 4.78 is 6.99. The molecule has 2 aromatic rings. The Labute approximate surface area is 191 Å². The highest BCUT2D eigenvalue weighted by Gasteiger charge is 2.59. The van der Waals surface area contributed by atoms with Gasteiger partial charge in [0.1, 0.15) is 10.8 Å². The van der Waals surface area contributed by atoms with Crippen molar-refractivity contribution in [3.05, 3.63) is 45.3 Å². The molecule has 0 amide bonds. The zero-order chi connectivity index (χ0) is 22.7. The Morgan fingerprint density at radius 1 is 1.28 bits per heavy atom. The minimum absolute atomic E-state index is 0.0894. The van der Waals surface area contributed by atoms with Crippen LogP contribution >= 0.6 is 11.6 Å². The molecule has 2 unspecified atom stereocenters. The standard InChI is InChI=1S/C24H28ClN3O4/c1-14-3-4-19(32-2)17(5-14)27-18-12-26-28(22(31)21(18)25)24-9-15-6-16(10-24)8-23(7-15,13-24)11-20(29)30/h3-5,12,15-16,27H,6-11,13H2,1-2H3,(H,29,30). The number of benzene rings is 1. The van der Waals surface area contributed by atoms with Crippen molar-refractivity contribution in [1.82, 2.24) is 9.78 Å². The van der Waals surface area contributed by atoms with E-state index in [1.54, 1.807) is 18.0 Å². The van der Waals surface area contributed by atoms with Crippen molar-refractivity contribution in [2.75, 3.05) is 12.4 Å². The predicted octanol–water partition coefficient (Wildman–Crippen LogP) is 4.73. The highest BCUT2D eigenvalue weighted by molar-refractivity contribution is 6.33. The second kappa shape index (κ2) is 7.51. The normalized spacial score (nSPS) is 30.3. The molecular weight excluding hydrogens is 430 g/mol. The first-order chi connectivity index (χ1) is 15.2. The number of carboxylic acid groups (broad SMARTS) is 1. The smallest absolute Gasteiger partial charge is 0.303 e. The molecule has 0 saturated heterocycles. The molecule has 1 aromatic heterocycles. The van der Waals surface area contributed by atoms with E-state index in [0.29, 0.717) is 35.4 Å². The second-order valence-corrected chi connectivity index (χ2v) is 10.6. The number of hydrogen-bond donors (Lipinski definition) is 2. The van der Waals surface area contributed by atoms with Crippen LogP contribution in [0.4, 0.5) is 11.4 Å². The van der Waals surface area contributed by atoms with Gasteiger partial charge in [0.15, 0.2) is 0 Å². The van der Waals surface area contributed by atoms with E-state index in [-0.39, 0.29) is 22.4 Å². The molecule has 4 fully saturated rings. The molecule has 2 N–H and O–H groups in total. The number of nitrogens with one attached hydrogen (secondary N) is 1. The Hall–Kier alpha value is -2.54. The highest BCUT2D eigenvalue weighted by Crippen LogP contribution is 2.65. The van der Waals surface area contributed by atoms with E-state index in [1.807, 2.05) is 25.1 Å². The van der Waals surface area contributed by atoms with Crippen LogP contribution < -0.4 is 15.6 Å².